The van der Waals surface area contributed by atoms with Crippen LogP contribution >= 0.6 is 0 Å². The molecule has 3 heterocycles. The Bertz CT molecular complexity index is 1060. The van der Waals surface area contributed by atoms with Crippen molar-refractivity contribution in [2.45, 2.75) is 19.8 Å². The third kappa shape index (κ3) is 4.88. The van der Waals surface area contributed by atoms with Gasteiger partial charge in [0.05, 0.1) is 5.92 Å². The van der Waals surface area contributed by atoms with Crippen molar-refractivity contribution in [3.8, 4) is 11.1 Å². The number of rotatable bonds is 6. The normalized spacial score (nSPS) is 16.8. The van der Waals surface area contributed by atoms with Crippen LogP contribution in [0.3, 0.4) is 0 Å². The average molecular weight is 432 g/mol. The lowest BCUT2D eigenvalue weighted by Gasteiger charge is -2.23. The molecule has 7 heteroatoms. The first-order chi connectivity index (χ1) is 15.5. The van der Waals surface area contributed by atoms with Crippen molar-refractivity contribution in [2.75, 3.05) is 26.2 Å². The summed E-state index contributed by atoms with van der Waals surface area (Å²) in [6, 6.07) is 14.0. The van der Waals surface area contributed by atoms with Gasteiger partial charge in [0, 0.05) is 51.8 Å². The van der Waals surface area contributed by atoms with E-state index in [9.17, 15) is 9.59 Å². The highest BCUT2D eigenvalue weighted by Crippen LogP contribution is 2.22. The largest absolute Gasteiger partial charge is 0.341 e. The average Bonchev–Trinajstić information content (AvgIpc) is 3.20. The number of hydrogen-bond acceptors (Lipinski definition) is 4. The smallest absolute Gasteiger partial charge is 0.274 e. The summed E-state index contributed by atoms with van der Waals surface area (Å²) in [4.78, 5) is 34.1. The van der Waals surface area contributed by atoms with Crippen LogP contribution in [0.5, 0.6) is 0 Å². The summed E-state index contributed by atoms with van der Waals surface area (Å²) in [6.45, 7) is 4.27. The summed E-state index contributed by atoms with van der Waals surface area (Å²) in [5.74, 6) is -0.264. The Morgan fingerprint density at radius 3 is 2.41 bits per heavy atom. The highest BCUT2D eigenvalue weighted by atomic mass is 16.2. The Morgan fingerprint density at radius 2 is 1.75 bits per heavy atom. The highest BCUT2D eigenvalue weighted by Gasteiger charge is 2.32. The van der Waals surface area contributed by atoms with Gasteiger partial charge in [-0.05, 0) is 47.7 Å². The van der Waals surface area contributed by atoms with E-state index in [0.29, 0.717) is 38.3 Å². The van der Waals surface area contributed by atoms with Gasteiger partial charge in [-0.25, -0.2) is 0 Å². The number of aryl methyl sites for hydroxylation is 1. The monoisotopic (exact) mass is 431 g/mol. The molecule has 0 saturated carbocycles. The van der Waals surface area contributed by atoms with Crippen LogP contribution in [0.15, 0.2) is 61.1 Å². The van der Waals surface area contributed by atoms with Crippen molar-refractivity contribution >= 4 is 11.8 Å². The van der Waals surface area contributed by atoms with Gasteiger partial charge in [0.1, 0.15) is 5.69 Å². The van der Waals surface area contributed by atoms with Crippen LogP contribution in [0.1, 0.15) is 29.4 Å². The Balaban J connectivity index is 1.53. The lowest BCUT2D eigenvalue weighted by molar-refractivity contribution is -0.134. The first-order valence-corrected chi connectivity index (χ1v) is 11.1. The third-order valence-corrected chi connectivity index (χ3v) is 5.90. The van der Waals surface area contributed by atoms with E-state index < -0.39 is 0 Å². The lowest BCUT2D eigenvalue weighted by atomic mass is 9.95. The van der Waals surface area contributed by atoms with Gasteiger partial charge in [0.2, 0.25) is 5.91 Å². The molecule has 166 valence electrons. The second-order valence-electron chi connectivity index (χ2n) is 8.28. The maximum absolute atomic E-state index is 13.3. The Labute approximate surface area is 188 Å². The third-order valence-electron chi connectivity index (χ3n) is 5.90. The first-order valence-electron chi connectivity index (χ1n) is 11.1. The van der Waals surface area contributed by atoms with Crippen molar-refractivity contribution in [3.63, 3.8) is 0 Å². The van der Waals surface area contributed by atoms with Gasteiger partial charge in [0.15, 0.2) is 0 Å². The zero-order chi connectivity index (χ0) is 22.5. The first kappa shape index (κ1) is 21.7. The molecule has 0 bridgehead atoms. The maximum Gasteiger partial charge on any atom is 0.274 e. The van der Waals surface area contributed by atoms with Crippen LogP contribution < -0.4 is 0 Å². The van der Waals surface area contributed by atoms with Crippen LogP contribution in [-0.2, 0) is 18.3 Å². The van der Waals surface area contributed by atoms with Crippen LogP contribution in [0.25, 0.3) is 11.1 Å². The molecular weight excluding hydrogens is 402 g/mol. The molecule has 1 unspecified atom stereocenters. The second-order valence-corrected chi connectivity index (χ2v) is 8.28. The predicted octanol–water partition coefficient (Wildman–Crippen LogP) is 3.04. The number of nitrogens with zero attached hydrogens (tertiary/aromatic N) is 5. The molecular formula is C25H29N5O2. The summed E-state index contributed by atoms with van der Waals surface area (Å²) in [6.07, 6.45) is 6.82. The van der Waals surface area contributed by atoms with E-state index in [0.717, 1.165) is 23.1 Å². The number of carbonyl (C=O) groups is 2. The quantitative estimate of drug-likeness (QED) is 0.602. The molecule has 1 aliphatic heterocycles. The van der Waals surface area contributed by atoms with E-state index in [4.69, 9.17) is 0 Å². The summed E-state index contributed by atoms with van der Waals surface area (Å²) in [7, 11) is 1.80. The number of carbonyl (C=O) groups excluding carboxylic acids is 2. The number of amides is 2. The fourth-order valence-corrected chi connectivity index (χ4v) is 4.23. The number of hydrogen-bond donors (Lipinski definition) is 0. The van der Waals surface area contributed by atoms with Crippen LogP contribution in [0.4, 0.5) is 0 Å². The minimum Gasteiger partial charge on any atom is -0.341 e. The van der Waals surface area contributed by atoms with Crippen LogP contribution in [0.2, 0.25) is 0 Å². The number of pyridine rings is 1. The molecule has 1 fully saturated rings. The van der Waals surface area contributed by atoms with Gasteiger partial charge >= 0.3 is 0 Å². The maximum atomic E-state index is 13.3. The number of aromatic nitrogens is 3. The molecule has 2 aromatic heterocycles. The standard InChI is InChI=1S/C25H29N5O2/c1-3-13-29-15-16-30(25(32)23-10-14-28(2)27-23)18-22(24(29)31)17-19-4-6-20(7-5-19)21-8-11-26-12-9-21/h4-12,14,22H,3,13,15-18H2,1-2H3. The molecule has 2 amide bonds. The zero-order valence-electron chi connectivity index (χ0n) is 18.6. The summed E-state index contributed by atoms with van der Waals surface area (Å²) < 4.78 is 1.63. The van der Waals surface area contributed by atoms with Crippen molar-refractivity contribution in [2.24, 2.45) is 13.0 Å². The van der Waals surface area contributed by atoms with Gasteiger partial charge in [-0.1, -0.05) is 31.2 Å². The molecule has 0 aliphatic carbocycles. The summed E-state index contributed by atoms with van der Waals surface area (Å²) >= 11 is 0. The van der Waals surface area contributed by atoms with Gasteiger partial charge in [-0.3, -0.25) is 19.3 Å². The van der Waals surface area contributed by atoms with E-state index in [1.165, 1.54) is 0 Å². The fraction of sp³-hybridized carbons (Fsp3) is 0.360. The minimum absolute atomic E-state index is 0.116. The van der Waals surface area contributed by atoms with Crippen LogP contribution in [-0.4, -0.2) is 62.6 Å². The van der Waals surface area contributed by atoms with Crippen molar-refractivity contribution < 1.29 is 9.59 Å². The Kier molecular flexibility index (Phi) is 6.63. The van der Waals surface area contributed by atoms with Crippen molar-refractivity contribution in [1.82, 2.24) is 24.6 Å². The zero-order valence-corrected chi connectivity index (χ0v) is 18.6. The Hall–Kier alpha value is -3.48. The summed E-state index contributed by atoms with van der Waals surface area (Å²) in [5, 5.41) is 4.26. The van der Waals surface area contributed by atoms with E-state index in [2.05, 4.69) is 41.3 Å². The second kappa shape index (κ2) is 9.77. The molecule has 0 spiro atoms. The van der Waals surface area contributed by atoms with Crippen molar-refractivity contribution in [1.29, 1.82) is 0 Å². The topological polar surface area (TPSA) is 71.3 Å². The Morgan fingerprint density at radius 1 is 1.03 bits per heavy atom. The van der Waals surface area contributed by atoms with Crippen LogP contribution in [0, 0.1) is 5.92 Å². The highest BCUT2D eigenvalue weighted by molar-refractivity contribution is 5.93. The summed E-state index contributed by atoms with van der Waals surface area (Å²) in [5.41, 5.74) is 3.73. The predicted molar refractivity (Wildman–Crippen MR) is 123 cm³/mol. The lowest BCUT2D eigenvalue weighted by Crippen LogP contribution is -2.38. The van der Waals surface area contributed by atoms with E-state index in [1.807, 2.05) is 17.0 Å². The van der Waals surface area contributed by atoms with E-state index in [-0.39, 0.29) is 17.7 Å². The van der Waals surface area contributed by atoms with Gasteiger partial charge in [-0.2, -0.15) is 5.10 Å². The molecule has 1 aromatic carbocycles. The molecule has 1 aliphatic rings. The van der Waals surface area contributed by atoms with E-state index in [1.54, 1.807) is 41.3 Å². The fourth-order valence-electron chi connectivity index (χ4n) is 4.23. The van der Waals surface area contributed by atoms with Gasteiger partial charge in [0.25, 0.3) is 5.91 Å². The molecule has 0 radical (unpaired) electrons. The molecule has 1 atom stereocenters. The number of benzene rings is 1. The molecule has 1 saturated heterocycles. The van der Waals surface area contributed by atoms with Gasteiger partial charge < -0.3 is 9.80 Å². The molecule has 32 heavy (non-hydrogen) atoms. The molecule has 4 rings (SSSR count). The molecule has 7 nitrogen and oxygen atoms in total. The molecule has 0 N–H and O–H groups in total. The van der Waals surface area contributed by atoms with Crippen molar-refractivity contribution in [3.05, 3.63) is 72.3 Å². The molecule has 3 aromatic rings. The van der Waals surface area contributed by atoms with E-state index >= 15 is 0 Å². The minimum atomic E-state index is -0.275. The van der Waals surface area contributed by atoms with Gasteiger partial charge in [-0.15, -0.1) is 0 Å². The SMILES string of the molecule is CCCN1CCN(C(=O)c2ccn(C)n2)CC(Cc2ccc(-c3ccncc3)cc2)C1=O.